The van der Waals surface area contributed by atoms with Gasteiger partial charge in [-0.25, -0.2) is 0 Å². The molecule has 0 aliphatic carbocycles. The monoisotopic (exact) mass is 395 g/mol. The molecule has 1 aromatic carbocycles. The lowest BCUT2D eigenvalue weighted by Crippen LogP contribution is -2.30. The van der Waals surface area contributed by atoms with Gasteiger partial charge in [0.15, 0.2) is 11.5 Å². The van der Waals surface area contributed by atoms with Crippen molar-refractivity contribution in [3.8, 4) is 5.75 Å². The Bertz CT molecular complexity index is 1060. The number of furan rings is 1. The molecule has 1 atom stereocenters. The van der Waals surface area contributed by atoms with Crippen molar-refractivity contribution in [1.82, 2.24) is 0 Å². The van der Waals surface area contributed by atoms with E-state index in [-0.39, 0.29) is 11.3 Å². The van der Waals surface area contributed by atoms with E-state index in [1.165, 1.54) is 28.6 Å². The first-order chi connectivity index (χ1) is 13.5. The highest BCUT2D eigenvalue weighted by Gasteiger charge is 2.46. The summed E-state index contributed by atoms with van der Waals surface area (Å²) >= 11 is 1.43. The summed E-state index contributed by atoms with van der Waals surface area (Å²) in [6.07, 6.45) is 1.38. The minimum absolute atomic E-state index is 0.0151. The van der Waals surface area contributed by atoms with Gasteiger partial charge in [-0.2, -0.15) is 0 Å². The fraction of sp³-hybridized carbons (Fsp3) is 0.143. The fourth-order valence-corrected chi connectivity index (χ4v) is 4.32. The number of carbonyl (C=O) groups excluding carboxylic acids is 2. The highest BCUT2D eigenvalue weighted by Crippen LogP contribution is 2.44. The number of nitrogens with zero attached hydrogens (tertiary/aromatic N) is 1. The molecule has 1 N–H and O–H groups in total. The number of Topliss-reactive ketones (excluding diaryl/α,β-unsaturated/α-hetero) is 1. The number of rotatable bonds is 5. The van der Waals surface area contributed by atoms with Gasteiger partial charge in [0.2, 0.25) is 5.78 Å². The van der Waals surface area contributed by atoms with Gasteiger partial charge in [0.05, 0.1) is 18.9 Å². The molecule has 0 bridgehead atoms. The lowest BCUT2D eigenvalue weighted by molar-refractivity contribution is -0.117. The van der Waals surface area contributed by atoms with E-state index < -0.39 is 23.5 Å². The summed E-state index contributed by atoms with van der Waals surface area (Å²) < 4.78 is 10.4. The molecule has 7 heteroatoms. The van der Waals surface area contributed by atoms with Crippen LogP contribution in [0.1, 0.15) is 27.0 Å². The maximum absolute atomic E-state index is 13.1. The molecule has 1 aliphatic heterocycles. The van der Waals surface area contributed by atoms with Gasteiger partial charge < -0.3 is 14.3 Å². The average molecular weight is 395 g/mol. The maximum Gasteiger partial charge on any atom is 0.294 e. The Labute approximate surface area is 165 Å². The van der Waals surface area contributed by atoms with Crippen molar-refractivity contribution in [2.24, 2.45) is 0 Å². The van der Waals surface area contributed by atoms with Crippen molar-refractivity contribution < 1.29 is 23.8 Å². The molecule has 3 aromatic rings. The van der Waals surface area contributed by atoms with Gasteiger partial charge in [0.1, 0.15) is 11.8 Å². The molecule has 0 spiro atoms. The first kappa shape index (κ1) is 18.1. The van der Waals surface area contributed by atoms with Gasteiger partial charge in [0, 0.05) is 10.6 Å². The Balaban J connectivity index is 1.86. The Morgan fingerprint density at radius 2 is 1.96 bits per heavy atom. The molecule has 0 fully saturated rings. The standard InChI is InChI=1S/C21H17NO5S/c1-12-9-11-28-20(12)17-16(18(23)15-4-3-10-27-15)19(24)21(25)22(17)13-5-7-14(26-2)8-6-13/h3-11,17,24H,1-2H3. The van der Waals surface area contributed by atoms with E-state index in [1.54, 1.807) is 37.4 Å². The van der Waals surface area contributed by atoms with Gasteiger partial charge in [-0.3, -0.25) is 14.5 Å². The lowest BCUT2D eigenvalue weighted by atomic mass is 9.98. The summed E-state index contributed by atoms with van der Waals surface area (Å²) in [4.78, 5) is 28.3. The molecule has 3 heterocycles. The minimum Gasteiger partial charge on any atom is -0.503 e. The fourth-order valence-electron chi connectivity index (χ4n) is 3.30. The number of hydrogen-bond acceptors (Lipinski definition) is 6. The summed E-state index contributed by atoms with van der Waals surface area (Å²) in [5, 5.41) is 12.5. The van der Waals surface area contributed by atoms with Crippen LogP contribution in [-0.4, -0.2) is 23.9 Å². The number of carbonyl (C=O) groups is 2. The largest absolute Gasteiger partial charge is 0.503 e. The summed E-state index contributed by atoms with van der Waals surface area (Å²) in [7, 11) is 1.56. The van der Waals surface area contributed by atoms with Crippen molar-refractivity contribution in [3.05, 3.63) is 81.6 Å². The van der Waals surface area contributed by atoms with Crippen molar-refractivity contribution >= 4 is 28.7 Å². The SMILES string of the molecule is COc1ccc(N2C(=O)C(O)=C(C(=O)c3ccco3)C2c2sccc2C)cc1. The molecule has 6 nitrogen and oxygen atoms in total. The van der Waals surface area contributed by atoms with Crippen LogP contribution < -0.4 is 9.64 Å². The highest BCUT2D eigenvalue weighted by atomic mass is 32.1. The number of amides is 1. The van der Waals surface area contributed by atoms with Crippen LogP contribution in [0, 0.1) is 6.92 Å². The molecule has 1 amide bonds. The predicted molar refractivity (Wildman–Crippen MR) is 105 cm³/mol. The van der Waals surface area contributed by atoms with Gasteiger partial charge in [-0.1, -0.05) is 0 Å². The number of benzene rings is 1. The molecule has 2 aromatic heterocycles. The third-order valence-corrected chi connectivity index (χ3v) is 5.77. The summed E-state index contributed by atoms with van der Waals surface area (Å²) in [5.41, 5.74) is 1.50. The molecule has 4 rings (SSSR count). The molecule has 0 saturated carbocycles. The Kier molecular flexibility index (Phi) is 4.52. The number of methoxy groups -OCH3 is 1. The molecule has 1 unspecified atom stereocenters. The van der Waals surface area contributed by atoms with Gasteiger partial charge in [-0.05, 0) is 60.3 Å². The average Bonchev–Trinajstić information content (AvgIpc) is 3.43. The van der Waals surface area contributed by atoms with Crippen LogP contribution in [-0.2, 0) is 4.79 Å². The molecule has 1 aliphatic rings. The number of ketones is 1. The highest BCUT2D eigenvalue weighted by molar-refractivity contribution is 7.10. The van der Waals surface area contributed by atoms with Gasteiger partial charge in [0.25, 0.3) is 5.91 Å². The third kappa shape index (κ3) is 2.80. The van der Waals surface area contributed by atoms with Crippen LogP contribution in [0.5, 0.6) is 5.75 Å². The van der Waals surface area contributed by atoms with E-state index in [0.29, 0.717) is 11.4 Å². The zero-order valence-electron chi connectivity index (χ0n) is 15.2. The zero-order chi connectivity index (χ0) is 19.8. The third-order valence-electron chi connectivity index (χ3n) is 4.70. The van der Waals surface area contributed by atoms with Crippen LogP contribution in [0.25, 0.3) is 0 Å². The molecular formula is C21H17NO5S. The van der Waals surface area contributed by atoms with E-state index in [1.807, 2.05) is 18.4 Å². The Morgan fingerprint density at radius 1 is 1.21 bits per heavy atom. The number of aryl methyl sites for hydroxylation is 1. The van der Waals surface area contributed by atoms with E-state index in [0.717, 1.165) is 10.4 Å². The van der Waals surface area contributed by atoms with Crippen LogP contribution >= 0.6 is 11.3 Å². The number of hydrogen-bond donors (Lipinski definition) is 1. The zero-order valence-corrected chi connectivity index (χ0v) is 16.0. The molecule has 0 radical (unpaired) electrons. The van der Waals surface area contributed by atoms with E-state index in [4.69, 9.17) is 9.15 Å². The number of anilines is 1. The Morgan fingerprint density at radius 3 is 2.54 bits per heavy atom. The van der Waals surface area contributed by atoms with Crippen LogP contribution in [0.15, 0.2) is 69.9 Å². The number of ether oxygens (including phenoxy) is 1. The first-order valence-corrected chi connectivity index (χ1v) is 9.44. The van der Waals surface area contributed by atoms with Crippen molar-refractivity contribution in [2.45, 2.75) is 13.0 Å². The van der Waals surface area contributed by atoms with E-state index in [9.17, 15) is 14.7 Å². The summed E-state index contributed by atoms with van der Waals surface area (Å²) in [5.74, 6) is -0.981. The predicted octanol–water partition coefficient (Wildman–Crippen LogP) is 4.44. The second-order valence-electron chi connectivity index (χ2n) is 6.31. The van der Waals surface area contributed by atoms with E-state index in [2.05, 4.69) is 0 Å². The summed E-state index contributed by atoms with van der Waals surface area (Å²) in [6, 6.07) is 11.2. The van der Waals surface area contributed by atoms with E-state index >= 15 is 0 Å². The minimum atomic E-state index is -0.738. The van der Waals surface area contributed by atoms with Gasteiger partial charge in [-0.15, -0.1) is 11.3 Å². The topological polar surface area (TPSA) is 80.0 Å². The van der Waals surface area contributed by atoms with Gasteiger partial charge >= 0.3 is 0 Å². The molecule has 0 saturated heterocycles. The number of thiophene rings is 1. The Hall–Kier alpha value is -3.32. The molecular weight excluding hydrogens is 378 g/mol. The lowest BCUT2D eigenvalue weighted by Gasteiger charge is -2.26. The number of aliphatic hydroxyl groups excluding tert-OH is 1. The normalized spacial score (nSPS) is 16.7. The number of aliphatic hydroxyl groups is 1. The first-order valence-electron chi connectivity index (χ1n) is 8.56. The second kappa shape index (κ2) is 7.01. The van der Waals surface area contributed by atoms with Crippen molar-refractivity contribution in [1.29, 1.82) is 0 Å². The summed E-state index contributed by atoms with van der Waals surface area (Å²) in [6.45, 7) is 1.91. The smallest absolute Gasteiger partial charge is 0.294 e. The van der Waals surface area contributed by atoms with Crippen molar-refractivity contribution in [2.75, 3.05) is 12.0 Å². The van der Waals surface area contributed by atoms with Crippen LogP contribution in [0.3, 0.4) is 0 Å². The van der Waals surface area contributed by atoms with Crippen LogP contribution in [0.2, 0.25) is 0 Å². The second-order valence-corrected chi connectivity index (χ2v) is 7.26. The maximum atomic E-state index is 13.1. The molecule has 28 heavy (non-hydrogen) atoms. The quantitative estimate of drug-likeness (QED) is 0.646. The van der Waals surface area contributed by atoms with Crippen LogP contribution in [0.4, 0.5) is 5.69 Å². The molecule has 142 valence electrons. The van der Waals surface area contributed by atoms with Crippen molar-refractivity contribution in [3.63, 3.8) is 0 Å².